The van der Waals surface area contributed by atoms with E-state index in [2.05, 4.69) is 23.9 Å². The standard InChI is InChI=1S/C16H22F3NO/c1-11-6-5-8-14(12(11)2)20-10-13-7-3-4-9-15(13)21-16(17,18)19/h3-4,7,9,11-12,14,20H,5-6,8,10H2,1-2H3. The van der Waals surface area contributed by atoms with E-state index in [4.69, 9.17) is 0 Å². The van der Waals surface area contributed by atoms with Crippen LogP contribution in [0, 0.1) is 11.8 Å². The largest absolute Gasteiger partial charge is 0.573 e. The molecular formula is C16H22F3NO. The maximum atomic E-state index is 12.4. The van der Waals surface area contributed by atoms with Crippen LogP contribution < -0.4 is 10.1 Å². The second kappa shape index (κ2) is 6.69. The lowest BCUT2D eigenvalue weighted by molar-refractivity contribution is -0.274. The van der Waals surface area contributed by atoms with Crippen molar-refractivity contribution in [2.75, 3.05) is 0 Å². The third kappa shape index (κ3) is 4.63. The molecule has 0 bridgehead atoms. The molecule has 1 saturated carbocycles. The van der Waals surface area contributed by atoms with Crippen molar-refractivity contribution in [2.24, 2.45) is 11.8 Å². The molecule has 0 saturated heterocycles. The normalized spacial score (nSPS) is 26.6. The van der Waals surface area contributed by atoms with Crippen LogP contribution in [0.15, 0.2) is 24.3 Å². The van der Waals surface area contributed by atoms with Crippen LogP contribution in [0.1, 0.15) is 38.7 Å². The van der Waals surface area contributed by atoms with Crippen LogP contribution in [0.2, 0.25) is 0 Å². The molecule has 0 heterocycles. The summed E-state index contributed by atoms with van der Waals surface area (Å²) in [6.45, 7) is 4.84. The molecule has 0 amide bonds. The maximum Gasteiger partial charge on any atom is 0.573 e. The molecule has 3 unspecified atom stereocenters. The fourth-order valence-corrected chi connectivity index (χ4v) is 2.99. The highest BCUT2D eigenvalue weighted by atomic mass is 19.4. The van der Waals surface area contributed by atoms with Crippen LogP contribution in [0.4, 0.5) is 13.2 Å². The van der Waals surface area contributed by atoms with E-state index in [1.165, 1.54) is 18.9 Å². The Morgan fingerprint density at radius 2 is 1.90 bits per heavy atom. The summed E-state index contributed by atoms with van der Waals surface area (Å²) in [5.74, 6) is 1.07. The molecular weight excluding hydrogens is 279 g/mol. The molecule has 1 aromatic carbocycles. The van der Waals surface area contributed by atoms with Gasteiger partial charge >= 0.3 is 6.36 Å². The Morgan fingerprint density at radius 3 is 2.62 bits per heavy atom. The van der Waals surface area contributed by atoms with Gasteiger partial charge in [-0.05, 0) is 24.3 Å². The number of hydrogen-bond donors (Lipinski definition) is 1. The van der Waals surface area contributed by atoms with E-state index >= 15 is 0 Å². The average molecular weight is 301 g/mol. The second-order valence-corrected chi connectivity index (χ2v) is 5.91. The highest BCUT2D eigenvalue weighted by molar-refractivity contribution is 5.33. The number of benzene rings is 1. The maximum absolute atomic E-state index is 12.4. The molecule has 1 N–H and O–H groups in total. The molecule has 0 spiro atoms. The molecule has 2 nitrogen and oxygen atoms in total. The Kier molecular flexibility index (Phi) is 5.14. The van der Waals surface area contributed by atoms with Crippen molar-refractivity contribution in [2.45, 2.75) is 52.1 Å². The van der Waals surface area contributed by atoms with Gasteiger partial charge in [0.25, 0.3) is 0 Å². The zero-order chi connectivity index (χ0) is 15.5. The second-order valence-electron chi connectivity index (χ2n) is 5.91. The van der Waals surface area contributed by atoms with Crippen LogP contribution in [-0.4, -0.2) is 12.4 Å². The van der Waals surface area contributed by atoms with Gasteiger partial charge in [0.1, 0.15) is 5.75 Å². The number of nitrogens with one attached hydrogen (secondary N) is 1. The number of para-hydroxylation sites is 1. The summed E-state index contributed by atoms with van der Waals surface area (Å²) in [6.07, 6.45) is -1.17. The summed E-state index contributed by atoms with van der Waals surface area (Å²) in [5.41, 5.74) is 0.542. The van der Waals surface area contributed by atoms with Gasteiger partial charge in [0.05, 0.1) is 0 Å². The fraction of sp³-hybridized carbons (Fsp3) is 0.625. The number of hydrogen-bond acceptors (Lipinski definition) is 2. The third-order valence-electron chi connectivity index (χ3n) is 4.46. The molecule has 1 aromatic rings. The number of rotatable bonds is 4. The Labute approximate surface area is 123 Å². The first-order chi connectivity index (χ1) is 9.87. The topological polar surface area (TPSA) is 21.3 Å². The molecule has 1 aliphatic rings. The van der Waals surface area contributed by atoms with Crippen LogP contribution in [0.25, 0.3) is 0 Å². The summed E-state index contributed by atoms with van der Waals surface area (Å²) < 4.78 is 41.2. The third-order valence-corrected chi connectivity index (χ3v) is 4.46. The summed E-state index contributed by atoms with van der Waals surface area (Å²) in [4.78, 5) is 0. The molecule has 5 heteroatoms. The van der Waals surface area contributed by atoms with Gasteiger partial charge in [0.2, 0.25) is 0 Å². The first-order valence-electron chi connectivity index (χ1n) is 7.44. The zero-order valence-electron chi connectivity index (χ0n) is 12.4. The first kappa shape index (κ1) is 16.1. The molecule has 0 radical (unpaired) electrons. The highest BCUT2D eigenvalue weighted by Gasteiger charge is 2.32. The summed E-state index contributed by atoms with van der Waals surface area (Å²) in [7, 11) is 0. The SMILES string of the molecule is CC1CCCC(NCc2ccccc2OC(F)(F)F)C1C. The predicted octanol–water partition coefficient (Wildman–Crippen LogP) is 4.50. The van der Waals surface area contributed by atoms with E-state index in [1.807, 2.05) is 0 Å². The lowest BCUT2D eigenvalue weighted by Crippen LogP contribution is -2.40. The molecule has 0 aromatic heterocycles. The predicted molar refractivity (Wildman–Crippen MR) is 75.9 cm³/mol. The zero-order valence-corrected chi connectivity index (χ0v) is 12.4. The van der Waals surface area contributed by atoms with Gasteiger partial charge in [-0.3, -0.25) is 0 Å². The number of alkyl halides is 3. The van der Waals surface area contributed by atoms with Crippen LogP contribution >= 0.6 is 0 Å². The van der Waals surface area contributed by atoms with Crippen LogP contribution in [0.3, 0.4) is 0 Å². The van der Waals surface area contributed by atoms with E-state index < -0.39 is 6.36 Å². The Morgan fingerprint density at radius 1 is 1.19 bits per heavy atom. The molecule has 1 fully saturated rings. The molecule has 0 aliphatic heterocycles. The van der Waals surface area contributed by atoms with Crippen LogP contribution in [0.5, 0.6) is 5.75 Å². The van der Waals surface area contributed by atoms with E-state index in [0.717, 1.165) is 6.42 Å². The van der Waals surface area contributed by atoms with Crippen molar-refractivity contribution in [3.05, 3.63) is 29.8 Å². The Bertz CT molecular complexity index is 461. The molecule has 21 heavy (non-hydrogen) atoms. The molecule has 3 atom stereocenters. The lowest BCUT2D eigenvalue weighted by atomic mass is 9.78. The van der Waals surface area contributed by atoms with E-state index in [1.54, 1.807) is 18.2 Å². The summed E-state index contributed by atoms with van der Waals surface area (Å²) >= 11 is 0. The molecule has 118 valence electrons. The Balaban J connectivity index is 2.00. The first-order valence-corrected chi connectivity index (χ1v) is 7.44. The fourth-order valence-electron chi connectivity index (χ4n) is 2.99. The summed E-state index contributed by atoms with van der Waals surface area (Å²) in [5, 5.41) is 3.40. The van der Waals surface area contributed by atoms with Crippen molar-refractivity contribution in [3.63, 3.8) is 0 Å². The van der Waals surface area contributed by atoms with Crippen molar-refractivity contribution < 1.29 is 17.9 Å². The smallest absolute Gasteiger partial charge is 0.405 e. The van der Waals surface area contributed by atoms with Crippen molar-refractivity contribution in [1.29, 1.82) is 0 Å². The monoisotopic (exact) mass is 301 g/mol. The van der Waals surface area contributed by atoms with Crippen molar-refractivity contribution in [3.8, 4) is 5.75 Å². The van der Waals surface area contributed by atoms with E-state index in [-0.39, 0.29) is 5.75 Å². The number of halogens is 3. The minimum absolute atomic E-state index is 0.117. The summed E-state index contributed by atoms with van der Waals surface area (Å²) in [6, 6.07) is 6.67. The lowest BCUT2D eigenvalue weighted by Gasteiger charge is -2.35. The van der Waals surface area contributed by atoms with Crippen molar-refractivity contribution >= 4 is 0 Å². The van der Waals surface area contributed by atoms with Crippen molar-refractivity contribution in [1.82, 2.24) is 5.32 Å². The number of ether oxygens (including phenoxy) is 1. The highest BCUT2D eigenvalue weighted by Crippen LogP contribution is 2.31. The Hall–Kier alpha value is -1.23. The van der Waals surface area contributed by atoms with Gasteiger partial charge in [0, 0.05) is 18.2 Å². The van der Waals surface area contributed by atoms with Crippen LogP contribution in [-0.2, 0) is 6.54 Å². The van der Waals surface area contributed by atoms with Gasteiger partial charge in [-0.1, -0.05) is 44.9 Å². The minimum Gasteiger partial charge on any atom is -0.405 e. The molecule has 2 rings (SSSR count). The van der Waals surface area contributed by atoms with Gasteiger partial charge in [-0.2, -0.15) is 0 Å². The van der Waals surface area contributed by atoms with E-state index in [0.29, 0.717) is 30.0 Å². The van der Waals surface area contributed by atoms with Gasteiger partial charge in [-0.15, -0.1) is 13.2 Å². The van der Waals surface area contributed by atoms with Gasteiger partial charge in [0.15, 0.2) is 0 Å². The van der Waals surface area contributed by atoms with Gasteiger partial charge in [-0.25, -0.2) is 0 Å². The minimum atomic E-state index is -4.65. The van der Waals surface area contributed by atoms with Gasteiger partial charge < -0.3 is 10.1 Å². The quantitative estimate of drug-likeness (QED) is 0.884. The average Bonchev–Trinajstić information content (AvgIpc) is 2.40. The molecule has 1 aliphatic carbocycles. The van der Waals surface area contributed by atoms with E-state index in [9.17, 15) is 13.2 Å².